The summed E-state index contributed by atoms with van der Waals surface area (Å²) in [7, 11) is 0. The highest BCUT2D eigenvalue weighted by Crippen LogP contribution is 2.45. The Morgan fingerprint density at radius 1 is 0.630 bits per heavy atom. The first-order valence-electron chi connectivity index (χ1n) is 8.82. The summed E-state index contributed by atoms with van der Waals surface area (Å²) in [6.07, 6.45) is 0. The second-order valence-electron chi connectivity index (χ2n) is 6.41. The number of para-hydroxylation sites is 2. The van der Waals surface area contributed by atoms with Crippen LogP contribution in [0.5, 0.6) is 0 Å². The van der Waals surface area contributed by atoms with Crippen molar-refractivity contribution in [1.82, 2.24) is 0 Å². The standard InChI is InChI=1S/C24H16BrNS/c25-17-15-21-20-13-7-8-14-23(20)27-24(21)22(16-17)26(18-9-3-1-4-10-18)19-11-5-2-6-12-19/h1-16H. The molecule has 0 saturated carbocycles. The van der Waals surface area contributed by atoms with Gasteiger partial charge in [0, 0.05) is 31.3 Å². The lowest BCUT2D eigenvalue weighted by Crippen LogP contribution is -2.09. The average molecular weight is 430 g/mol. The van der Waals surface area contributed by atoms with Crippen molar-refractivity contribution in [3.8, 4) is 0 Å². The topological polar surface area (TPSA) is 3.24 Å². The number of thiophene rings is 1. The fraction of sp³-hybridized carbons (Fsp3) is 0. The molecule has 130 valence electrons. The van der Waals surface area contributed by atoms with E-state index in [0.29, 0.717) is 0 Å². The summed E-state index contributed by atoms with van der Waals surface area (Å²) < 4.78 is 3.70. The SMILES string of the molecule is Brc1cc(N(c2ccccc2)c2ccccc2)c2sc3ccccc3c2c1. The van der Waals surface area contributed by atoms with Crippen LogP contribution in [0.3, 0.4) is 0 Å². The number of rotatable bonds is 3. The molecular weight excluding hydrogens is 414 g/mol. The Hall–Kier alpha value is -2.62. The molecule has 0 unspecified atom stereocenters. The van der Waals surface area contributed by atoms with Crippen molar-refractivity contribution in [2.75, 3.05) is 4.90 Å². The maximum atomic E-state index is 3.75. The van der Waals surface area contributed by atoms with Gasteiger partial charge in [-0.25, -0.2) is 0 Å². The lowest BCUT2D eigenvalue weighted by atomic mass is 10.1. The molecule has 1 nitrogen and oxygen atoms in total. The highest BCUT2D eigenvalue weighted by molar-refractivity contribution is 9.10. The molecule has 1 heterocycles. The average Bonchev–Trinajstić information content (AvgIpc) is 3.09. The van der Waals surface area contributed by atoms with E-state index in [1.165, 1.54) is 25.9 Å². The van der Waals surface area contributed by atoms with Crippen molar-refractivity contribution in [1.29, 1.82) is 0 Å². The molecule has 0 radical (unpaired) electrons. The molecule has 0 atom stereocenters. The minimum Gasteiger partial charge on any atom is -0.309 e. The Bertz CT molecular complexity index is 1190. The van der Waals surface area contributed by atoms with Crippen molar-refractivity contribution >= 4 is 64.5 Å². The first-order chi connectivity index (χ1) is 13.3. The van der Waals surface area contributed by atoms with Gasteiger partial charge in [-0.3, -0.25) is 0 Å². The smallest absolute Gasteiger partial charge is 0.0651 e. The predicted molar refractivity (Wildman–Crippen MR) is 122 cm³/mol. The van der Waals surface area contributed by atoms with Gasteiger partial charge in [0.05, 0.1) is 10.4 Å². The van der Waals surface area contributed by atoms with Crippen molar-refractivity contribution in [2.24, 2.45) is 0 Å². The highest BCUT2D eigenvalue weighted by Gasteiger charge is 2.18. The second kappa shape index (κ2) is 6.84. The van der Waals surface area contributed by atoms with Crippen LogP contribution in [0, 0.1) is 0 Å². The number of fused-ring (bicyclic) bond motifs is 3. The summed E-state index contributed by atoms with van der Waals surface area (Å²) in [6.45, 7) is 0. The van der Waals surface area contributed by atoms with E-state index in [9.17, 15) is 0 Å². The van der Waals surface area contributed by atoms with E-state index >= 15 is 0 Å². The van der Waals surface area contributed by atoms with E-state index in [2.05, 4.69) is 118 Å². The fourth-order valence-corrected chi connectivity index (χ4v) is 5.16. The number of nitrogens with zero attached hydrogens (tertiary/aromatic N) is 1. The van der Waals surface area contributed by atoms with Crippen molar-refractivity contribution < 1.29 is 0 Å². The van der Waals surface area contributed by atoms with Crippen LogP contribution in [-0.4, -0.2) is 0 Å². The number of hydrogen-bond donors (Lipinski definition) is 0. The van der Waals surface area contributed by atoms with Crippen molar-refractivity contribution in [2.45, 2.75) is 0 Å². The minimum atomic E-state index is 1.09. The molecular formula is C24H16BrNS. The summed E-state index contributed by atoms with van der Waals surface area (Å²) in [4.78, 5) is 2.34. The van der Waals surface area contributed by atoms with Gasteiger partial charge in [-0.1, -0.05) is 70.5 Å². The molecule has 27 heavy (non-hydrogen) atoms. The molecule has 0 amide bonds. The lowest BCUT2D eigenvalue weighted by Gasteiger charge is -2.26. The van der Waals surface area contributed by atoms with Crippen LogP contribution in [0.1, 0.15) is 0 Å². The Balaban J connectivity index is 1.85. The van der Waals surface area contributed by atoms with Gasteiger partial charge >= 0.3 is 0 Å². The summed E-state index contributed by atoms with van der Waals surface area (Å²) in [6, 6.07) is 34.2. The first kappa shape index (κ1) is 16.5. The fourth-order valence-electron chi connectivity index (χ4n) is 3.52. The van der Waals surface area contributed by atoms with E-state index in [4.69, 9.17) is 0 Å². The molecule has 0 spiro atoms. The summed E-state index contributed by atoms with van der Waals surface area (Å²) in [5.41, 5.74) is 3.50. The summed E-state index contributed by atoms with van der Waals surface area (Å²) in [5.74, 6) is 0. The molecule has 5 aromatic rings. The normalized spacial score (nSPS) is 11.1. The Kier molecular flexibility index (Phi) is 4.19. The quantitative estimate of drug-likeness (QED) is 0.278. The van der Waals surface area contributed by atoms with Crippen LogP contribution in [0.4, 0.5) is 17.1 Å². The van der Waals surface area contributed by atoms with E-state index in [1.54, 1.807) is 0 Å². The second-order valence-corrected chi connectivity index (χ2v) is 8.37. The molecule has 0 aliphatic rings. The van der Waals surface area contributed by atoms with Gasteiger partial charge < -0.3 is 4.90 Å². The Morgan fingerprint density at radius 3 is 1.89 bits per heavy atom. The number of halogens is 1. The van der Waals surface area contributed by atoms with Crippen LogP contribution in [0.15, 0.2) is 102 Å². The molecule has 0 aliphatic carbocycles. The monoisotopic (exact) mass is 429 g/mol. The molecule has 0 N–H and O–H groups in total. The molecule has 1 aromatic heterocycles. The summed E-state index contributed by atoms with van der Waals surface area (Å²) in [5, 5.41) is 2.60. The van der Waals surface area contributed by atoms with Crippen molar-refractivity contribution in [3.63, 3.8) is 0 Å². The predicted octanol–water partition coefficient (Wildman–Crippen LogP) is 8.29. The Labute approximate surface area is 170 Å². The van der Waals surface area contributed by atoms with Crippen LogP contribution in [-0.2, 0) is 0 Å². The Morgan fingerprint density at radius 2 is 1.22 bits per heavy atom. The van der Waals surface area contributed by atoms with Crippen LogP contribution in [0.25, 0.3) is 20.2 Å². The lowest BCUT2D eigenvalue weighted by molar-refractivity contribution is 1.30. The maximum absolute atomic E-state index is 3.75. The van der Waals surface area contributed by atoms with E-state index in [1.807, 2.05) is 11.3 Å². The van der Waals surface area contributed by atoms with E-state index < -0.39 is 0 Å². The summed E-state index contributed by atoms with van der Waals surface area (Å²) >= 11 is 5.60. The zero-order valence-corrected chi connectivity index (χ0v) is 16.9. The van der Waals surface area contributed by atoms with Gasteiger partial charge in [0.15, 0.2) is 0 Å². The molecule has 0 aliphatic heterocycles. The molecule has 4 aromatic carbocycles. The minimum absolute atomic E-state index is 1.09. The zero-order chi connectivity index (χ0) is 18.2. The molecule has 0 saturated heterocycles. The number of anilines is 3. The van der Waals surface area contributed by atoms with Crippen molar-refractivity contribution in [3.05, 3.63) is 102 Å². The molecule has 0 fully saturated rings. The first-order valence-corrected chi connectivity index (χ1v) is 10.4. The number of hydrogen-bond acceptors (Lipinski definition) is 2. The van der Waals surface area contributed by atoms with E-state index in [-0.39, 0.29) is 0 Å². The van der Waals surface area contributed by atoms with Crippen LogP contribution >= 0.6 is 27.3 Å². The van der Waals surface area contributed by atoms with Gasteiger partial charge in [0.1, 0.15) is 0 Å². The third-order valence-corrected chi connectivity index (χ3v) is 6.36. The van der Waals surface area contributed by atoms with Gasteiger partial charge in [-0.05, 0) is 42.5 Å². The van der Waals surface area contributed by atoms with Gasteiger partial charge in [0.25, 0.3) is 0 Å². The van der Waals surface area contributed by atoms with Gasteiger partial charge in [-0.15, -0.1) is 11.3 Å². The largest absolute Gasteiger partial charge is 0.309 e. The van der Waals surface area contributed by atoms with Gasteiger partial charge in [0.2, 0.25) is 0 Å². The van der Waals surface area contributed by atoms with E-state index in [0.717, 1.165) is 15.8 Å². The molecule has 3 heteroatoms. The van der Waals surface area contributed by atoms with Gasteiger partial charge in [-0.2, -0.15) is 0 Å². The maximum Gasteiger partial charge on any atom is 0.0651 e. The zero-order valence-electron chi connectivity index (χ0n) is 14.5. The molecule has 0 bridgehead atoms. The third kappa shape index (κ3) is 2.93. The third-order valence-electron chi connectivity index (χ3n) is 4.69. The van der Waals surface area contributed by atoms with Crippen LogP contribution < -0.4 is 4.90 Å². The number of benzene rings is 4. The van der Waals surface area contributed by atoms with Crippen LogP contribution in [0.2, 0.25) is 0 Å². The highest BCUT2D eigenvalue weighted by atomic mass is 79.9. The molecule has 5 rings (SSSR count).